The first kappa shape index (κ1) is 22.6. The van der Waals surface area contributed by atoms with E-state index in [0.717, 1.165) is 41.5 Å². The highest BCUT2D eigenvalue weighted by molar-refractivity contribution is 5.83. The molecule has 2 amide bonds. The number of benzene rings is 2. The average Bonchev–Trinajstić information content (AvgIpc) is 2.90. The van der Waals surface area contributed by atoms with Gasteiger partial charge in [-0.2, -0.15) is 0 Å². The molecule has 3 aliphatic rings. The van der Waals surface area contributed by atoms with Gasteiger partial charge in [0, 0.05) is 24.2 Å². The van der Waals surface area contributed by atoms with Crippen molar-refractivity contribution in [2.24, 2.45) is 11.8 Å². The Balaban J connectivity index is 1.45. The van der Waals surface area contributed by atoms with Crippen molar-refractivity contribution in [1.82, 2.24) is 20.5 Å². The molecule has 3 saturated heterocycles. The summed E-state index contributed by atoms with van der Waals surface area (Å²) in [5, 5.41) is 17.3. The van der Waals surface area contributed by atoms with E-state index in [0.29, 0.717) is 11.8 Å². The summed E-state index contributed by atoms with van der Waals surface area (Å²) in [4.78, 5) is 20.3. The number of carbonyl (C=O) groups is 1. The number of urea groups is 1. The normalized spacial score (nSPS) is 25.4. The molecule has 1 aromatic heterocycles. The van der Waals surface area contributed by atoms with Crippen LogP contribution in [-0.2, 0) is 0 Å². The second-order valence-corrected chi connectivity index (χ2v) is 9.40. The molecule has 34 heavy (non-hydrogen) atoms. The van der Waals surface area contributed by atoms with Crippen LogP contribution in [0.3, 0.4) is 0 Å². The molecule has 0 spiro atoms. The highest BCUT2D eigenvalue weighted by Crippen LogP contribution is 2.42. The molecule has 6 rings (SSSR count). The lowest BCUT2D eigenvalue weighted by atomic mass is 9.73. The van der Waals surface area contributed by atoms with E-state index >= 15 is 0 Å². The Morgan fingerprint density at radius 2 is 1.94 bits per heavy atom. The van der Waals surface area contributed by atoms with Gasteiger partial charge in [-0.15, -0.1) is 6.58 Å². The summed E-state index contributed by atoms with van der Waals surface area (Å²) >= 11 is 0. The number of hydrogen-bond donors (Lipinski definition) is 3. The van der Waals surface area contributed by atoms with E-state index in [-0.39, 0.29) is 24.7 Å². The third-order valence-corrected chi connectivity index (χ3v) is 7.53. The smallest absolute Gasteiger partial charge is 0.315 e. The quantitative estimate of drug-likeness (QED) is 0.466. The molecule has 6 nitrogen and oxygen atoms in total. The van der Waals surface area contributed by atoms with E-state index < -0.39 is 6.04 Å². The van der Waals surface area contributed by atoms with Crippen molar-refractivity contribution in [2.75, 3.05) is 19.7 Å². The maximum absolute atomic E-state index is 13.3. The lowest BCUT2D eigenvalue weighted by Gasteiger charge is -2.51. The SMILES string of the molecule is C=CC1CN2CCC1C[C@H]2C(NC(=O)NC(CO)c1ccccc1)c1ccnc2ccccc12. The highest BCUT2D eigenvalue weighted by atomic mass is 16.3. The zero-order chi connectivity index (χ0) is 23.5. The number of hydrogen-bond acceptors (Lipinski definition) is 4. The molecule has 6 heteroatoms. The largest absolute Gasteiger partial charge is 0.394 e. The van der Waals surface area contributed by atoms with Crippen LogP contribution in [0.1, 0.15) is 36.1 Å². The molecule has 2 aromatic carbocycles. The van der Waals surface area contributed by atoms with Crippen molar-refractivity contribution in [3.63, 3.8) is 0 Å². The molecule has 3 aromatic rings. The number of nitrogens with zero attached hydrogens (tertiary/aromatic N) is 2. The van der Waals surface area contributed by atoms with E-state index in [4.69, 9.17) is 0 Å². The maximum atomic E-state index is 13.3. The number of aromatic nitrogens is 1. The van der Waals surface area contributed by atoms with Gasteiger partial charge in [0.15, 0.2) is 0 Å². The topological polar surface area (TPSA) is 77.5 Å². The Kier molecular flexibility index (Phi) is 6.61. The molecule has 6 atom stereocenters. The molecule has 5 unspecified atom stereocenters. The van der Waals surface area contributed by atoms with Crippen molar-refractivity contribution < 1.29 is 9.90 Å². The molecule has 0 radical (unpaired) electrons. The number of amides is 2. The number of aliphatic hydroxyl groups excluding tert-OH is 1. The first-order valence-corrected chi connectivity index (χ1v) is 12.1. The first-order chi connectivity index (χ1) is 16.7. The van der Waals surface area contributed by atoms with Gasteiger partial charge in [-0.3, -0.25) is 9.88 Å². The molecule has 3 fully saturated rings. The Labute approximate surface area is 200 Å². The highest BCUT2D eigenvalue weighted by Gasteiger charge is 2.43. The summed E-state index contributed by atoms with van der Waals surface area (Å²) in [7, 11) is 0. The van der Waals surface area contributed by atoms with Crippen molar-refractivity contribution in [2.45, 2.75) is 31.0 Å². The van der Waals surface area contributed by atoms with Crippen LogP contribution in [-0.4, -0.2) is 46.8 Å². The minimum absolute atomic E-state index is 0.168. The molecule has 176 valence electrons. The Morgan fingerprint density at radius 3 is 2.68 bits per heavy atom. The maximum Gasteiger partial charge on any atom is 0.315 e. The number of nitrogens with one attached hydrogen (secondary N) is 2. The van der Waals surface area contributed by atoms with Gasteiger partial charge in [0.05, 0.1) is 24.2 Å². The summed E-state index contributed by atoms with van der Waals surface area (Å²) in [6, 6.07) is 18.9. The minimum atomic E-state index is -0.468. The zero-order valence-electron chi connectivity index (χ0n) is 19.3. The second-order valence-electron chi connectivity index (χ2n) is 9.40. The van der Waals surface area contributed by atoms with Crippen molar-refractivity contribution in [3.05, 3.63) is 90.6 Å². The molecule has 0 saturated carbocycles. The number of rotatable bonds is 7. The van der Waals surface area contributed by atoms with Gasteiger partial charge in [-0.05, 0) is 54.5 Å². The zero-order valence-corrected chi connectivity index (χ0v) is 19.3. The van der Waals surface area contributed by atoms with Crippen molar-refractivity contribution in [1.29, 1.82) is 0 Å². The van der Waals surface area contributed by atoms with E-state index in [1.807, 2.05) is 60.8 Å². The van der Waals surface area contributed by atoms with Gasteiger partial charge in [0.2, 0.25) is 0 Å². The molecule has 3 aliphatic heterocycles. The van der Waals surface area contributed by atoms with Crippen LogP contribution in [0.5, 0.6) is 0 Å². The molecule has 0 aliphatic carbocycles. The molecular weight excluding hydrogens is 424 g/mol. The summed E-state index contributed by atoms with van der Waals surface area (Å²) in [6.45, 7) is 5.90. The third-order valence-electron chi connectivity index (χ3n) is 7.53. The van der Waals surface area contributed by atoms with Crippen LogP contribution in [0.15, 0.2) is 79.5 Å². The standard InChI is InChI=1S/C28H32N4O2/c1-2-19-17-32-15-13-21(19)16-26(32)27(23-12-14-29-24-11-7-6-10-22(23)24)31-28(34)30-25(18-33)20-8-4-3-5-9-20/h2-12,14,19,21,25-27,33H,1,13,15-18H2,(H2,30,31,34)/t19?,21?,25?,26-,27?/m0/s1. The first-order valence-electron chi connectivity index (χ1n) is 12.1. The number of para-hydroxylation sites is 1. The summed E-state index contributed by atoms with van der Waals surface area (Å²) in [5.74, 6) is 1.09. The van der Waals surface area contributed by atoms with Gasteiger partial charge in [-0.25, -0.2) is 4.79 Å². The predicted octanol–water partition coefficient (Wildman–Crippen LogP) is 4.21. The molecule has 3 N–H and O–H groups in total. The Hall–Kier alpha value is -3.22. The third kappa shape index (κ3) is 4.43. The van der Waals surface area contributed by atoms with Gasteiger partial charge in [0.1, 0.15) is 0 Å². The minimum Gasteiger partial charge on any atom is -0.394 e. The van der Waals surface area contributed by atoms with Gasteiger partial charge >= 0.3 is 6.03 Å². The monoisotopic (exact) mass is 456 g/mol. The van der Waals surface area contributed by atoms with Crippen LogP contribution >= 0.6 is 0 Å². The average molecular weight is 457 g/mol. The summed E-state index contributed by atoms with van der Waals surface area (Å²) < 4.78 is 0. The van der Waals surface area contributed by atoms with Gasteiger partial charge in [0.25, 0.3) is 0 Å². The van der Waals surface area contributed by atoms with Crippen LogP contribution in [0.4, 0.5) is 4.79 Å². The van der Waals surface area contributed by atoms with E-state index in [9.17, 15) is 9.90 Å². The number of piperidine rings is 3. The predicted molar refractivity (Wildman–Crippen MR) is 134 cm³/mol. The fourth-order valence-electron chi connectivity index (χ4n) is 5.76. The Bertz CT molecular complexity index is 1150. The van der Waals surface area contributed by atoms with Crippen LogP contribution in [0.2, 0.25) is 0 Å². The Morgan fingerprint density at radius 1 is 1.15 bits per heavy atom. The fourth-order valence-corrected chi connectivity index (χ4v) is 5.76. The van der Waals surface area contributed by atoms with Crippen LogP contribution in [0.25, 0.3) is 10.9 Å². The van der Waals surface area contributed by atoms with Gasteiger partial charge < -0.3 is 15.7 Å². The lowest BCUT2D eigenvalue weighted by molar-refractivity contribution is 0.00303. The second kappa shape index (κ2) is 9.95. The van der Waals surface area contributed by atoms with Crippen LogP contribution in [0, 0.1) is 11.8 Å². The number of aliphatic hydroxyl groups is 1. The van der Waals surface area contributed by atoms with Crippen molar-refractivity contribution >= 4 is 16.9 Å². The van der Waals surface area contributed by atoms with E-state index in [2.05, 4.69) is 39.2 Å². The number of pyridine rings is 1. The number of carbonyl (C=O) groups excluding carboxylic acids is 1. The fraction of sp³-hybridized carbons (Fsp3) is 0.357. The summed E-state index contributed by atoms with van der Waals surface area (Å²) in [6.07, 6.45) is 6.10. The van der Waals surface area contributed by atoms with Crippen molar-refractivity contribution in [3.8, 4) is 0 Å². The lowest BCUT2D eigenvalue weighted by Crippen LogP contribution is -2.58. The summed E-state index contributed by atoms with van der Waals surface area (Å²) in [5.41, 5.74) is 2.87. The molecular formula is C28H32N4O2. The van der Waals surface area contributed by atoms with Crippen LogP contribution < -0.4 is 10.6 Å². The van der Waals surface area contributed by atoms with Gasteiger partial charge in [-0.1, -0.05) is 54.6 Å². The molecule has 4 heterocycles. The van der Waals surface area contributed by atoms with E-state index in [1.54, 1.807) is 0 Å². The number of fused-ring (bicyclic) bond motifs is 4. The van der Waals surface area contributed by atoms with E-state index in [1.165, 1.54) is 6.42 Å². The molecule has 2 bridgehead atoms.